The second kappa shape index (κ2) is 5.37. The van der Waals surface area contributed by atoms with Crippen LogP contribution in [0.3, 0.4) is 0 Å². The molecule has 19 heavy (non-hydrogen) atoms. The minimum atomic E-state index is 0.496. The maximum Gasteiger partial charge on any atom is 0.0159 e. The van der Waals surface area contributed by atoms with Gasteiger partial charge in [0.25, 0.3) is 0 Å². The number of nitrogens with zero attached hydrogens (tertiary/aromatic N) is 1. The predicted octanol–water partition coefficient (Wildman–Crippen LogP) is 3.28. The molecule has 0 aromatic carbocycles. The monoisotopic (exact) mass is 264 g/mol. The molecule has 2 atom stereocenters. The van der Waals surface area contributed by atoms with E-state index in [0.717, 1.165) is 30.5 Å². The van der Waals surface area contributed by atoms with E-state index in [4.69, 9.17) is 0 Å². The zero-order valence-corrected chi connectivity index (χ0v) is 13.1. The lowest BCUT2D eigenvalue weighted by Crippen LogP contribution is -2.46. The van der Waals surface area contributed by atoms with Gasteiger partial charge >= 0.3 is 0 Å². The second-order valence-electron chi connectivity index (χ2n) is 7.95. The molecule has 2 nitrogen and oxygen atoms in total. The van der Waals surface area contributed by atoms with Crippen molar-refractivity contribution < 1.29 is 0 Å². The highest BCUT2D eigenvalue weighted by Gasteiger charge is 2.43. The van der Waals surface area contributed by atoms with Crippen molar-refractivity contribution in [3.05, 3.63) is 0 Å². The highest BCUT2D eigenvalue weighted by Crippen LogP contribution is 2.43. The molecule has 1 N–H and O–H groups in total. The number of rotatable bonds is 7. The van der Waals surface area contributed by atoms with Crippen molar-refractivity contribution in [2.24, 2.45) is 17.3 Å². The van der Waals surface area contributed by atoms with Crippen LogP contribution in [0.25, 0.3) is 0 Å². The summed E-state index contributed by atoms with van der Waals surface area (Å²) in [5.74, 6) is 1.93. The van der Waals surface area contributed by atoms with Gasteiger partial charge in [-0.3, -0.25) is 4.90 Å². The lowest BCUT2D eigenvalue weighted by Gasteiger charge is -2.34. The Labute approximate surface area is 119 Å². The van der Waals surface area contributed by atoms with E-state index in [1.54, 1.807) is 0 Å². The van der Waals surface area contributed by atoms with E-state index in [9.17, 15) is 0 Å². The Morgan fingerprint density at radius 1 is 1.05 bits per heavy atom. The van der Waals surface area contributed by atoms with Crippen LogP contribution in [0.2, 0.25) is 0 Å². The fourth-order valence-electron chi connectivity index (χ4n) is 4.12. The lowest BCUT2D eigenvalue weighted by molar-refractivity contribution is 0.173. The fourth-order valence-corrected chi connectivity index (χ4v) is 4.12. The summed E-state index contributed by atoms with van der Waals surface area (Å²) in [4.78, 5) is 2.86. The molecule has 3 fully saturated rings. The van der Waals surface area contributed by atoms with Gasteiger partial charge in [-0.1, -0.05) is 20.8 Å². The summed E-state index contributed by atoms with van der Waals surface area (Å²) in [6, 6.07) is 1.68. The largest absolute Gasteiger partial charge is 0.313 e. The van der Waals surface area contributed by atoms with Crippen molar-refractivity contribution in [2.45, 2.75) is 71.4 Å². The molecule has 0 amide bonds. The Bertz CT molecular complexity index is 304. The molecule has 3 aliphatic carbocycles. The summed E-state index contributed by atoms with van der Waals surface area (Å²) < 4.78 is 0. The van der Waals surface area contributed by atoms with Gasteiger partial charge in [0, 0.05) is 25.2 Å². The molecule has 0 aromatic rings. The summed E-state index contributed by atoms with van der Waals surface area (Å²) in [7, 11) is 0. The molecule has 110 valence electrons. The minimum Gasteiger partial charge on any atom is -0.313 e. The van der Waals surface area contributed by atoms with E-state index in [0.29, 0.717) is 5.41 Å². The van der Waals surface area contributed by atoms with Crippen LogP contribution in [0.5, 0.6) is 0 Å². The topological polar surface area (TPSA) is 15.3 Å². The molecule has 0 saturated heterocycles. The quantitative estimate of drug-likeness (QED) is 0.759. The van der Waals surface area contributed by atoms with Crippen LogP contribution in [0.15, 0.2) is 0 Å². The Balaban J connectivity index is 1.59. The van der Waals surface area contributed by atoms with Gasteiger partial charge in [0.2, 0.25) is 0 Å². The molecular formula is C17H32N2. The van der Waals surface area contributed by atoms with E-state index in [1.807, 2.05) is 0 Å². The van der Waals surface area contributed by atoms with E-state index < -0.39 is 0 Å². The van der Waals surface area contributed by atoms with Crippen LogP contribution in [-0.4, -0.2) is 36.6 Å². The summed E-state index contributed by atoms with van der Waals surface area (Å²) >= 11 is 0. The first-order valence-corrected chi connectivity index (χ1v) is 8.57. The molecular weight excluding hydrogens is 232 g/mol. The first-order valence-electron chi connectivity index (χ1n) is 8.57. The smallest absolute Gasteiger partial charge is 0.0159 e. The number of hydrogen-bond acceptors (Lipinski definition) is 2. The number of nitrogens with one attached hydrogen (secondary N) is 1. The second-order valence-corrected chi connectivity index (χ2v) is 7.95. The van der Waals surface area contributed by atoms with Gasteiger partial charge in [-0.25, -0.2) is 0 Å². The van der Waals surface area contributed by atoms with E-state index in [2.05, 4.69) is 31.0 Å². The third kappa shape index (κ3) is 3.33. The van der Waals surface area contributed by atoms with Crippen LogP contribution in [0.4, 0.5) is 0 Å². The first kappa shape index (κ1) is 13.9. The molecule has 0 aromatic heterocycles. The summed E-state index contributed by atoms with van der Waals surface area (Å²) in [6.07, 6.45) is 8.76. The van der Waals surface area contributed by atoms with E-state index >= 15 is 0 Å². The normalized spacial score (nSPS) is 34.1. The molecule has 3 saturated carbocycles. The van der Waals surface area contributed by atoms with Gasteiger partial charge in [0.05, 0.1) is 0 Å². The summed E-state index contributed by atoms with van der Waals surface area (Å²) in [5.41, 5.74) is 0.496. The van der Waals surface area contributed by atoms with E-state index in [1.165, 1.54) is 51.6 Å². The van der Waals surface area contributed by atoms with Gasteiger partial charge in [0.15, 0.2) is 0 Å². The van der Waals surface area contributed by atoms with Crippen LogP contribution >= 0.6 is 0 Å². The Morgan fingerprint density at radius 2 is 1.79 bits per heavy atom. The van der Waals surface area contributed by atoms with Gasteiger partial charge < -0.3 is 5.32 Å². The third-order valence-corrected chi connectivity index (χ3v) is 5.62. The van der Waals surface area contributed by atoms with Crippen molar-refractivity contribution >= 4 is 0 Å². The Hall–Kier alpha value is -0.0800. The van der Waals surface area contributed by atoms with E-state index in [-0.39, 0.29) is 0 Å². The van der Waals surface area contributed by atoms with Crippen LogP contribution < -0.4 is 5.32 Å². The van der Waals surface area contributed by atoms with Crippen molar-refractivity contribution in [2.75, 3.05) is 19.6 Å². The maximum atomic E-state index is 3.79. The highest BCUT2D eigenvalue weighted by molar-refractivity contribution is 4.99. The van der Waals surface area contributed by atoms with Gasteiger partial charge in [-0.05, 0) is 62.3 Å². The molecule has 3 aliphatic rings. The predicted molar refractivity (Wildman–Crippen MR) is 81.3 cm³/mol. The van der Waals surface area contributed by atoms with Crippen molar-refractivity contribution in [1.82, 2.24) is 10.2 Å². The first-order chi connectivity index (χ1) is 9.10. The van der Waals surface area contributed by atoms with Crippen molar-refractivity contribution in [3.8, 4) is 0 Å². The average molecular weight is 264 g/mol. The van der Waals surface area contributed by atoms with Gasteiger partial charge in [0.1, 0.15) is 0 Å². The zero-order valence-electron chi connectivity index (χ0n) is 13.1. The van der Waals surface area contributed by atoms with Crippen molar-refractivity contribution in [1.29, 1.82) is 0 Å². The van der Waals surface area contributed by atoms with Gasteiger partial charge in [-0.2, -0.15) is 0 Å². The lowest BCUT2D eigenvalue weighted by atomic mass is 9.84. The molecule has 0 radical (unpaired) electrons. The molecule has 2 unspecified atom stereocenters. The van der Waals surface area contributed by atoms with Crippen LogP contribution in [0, 0.1) is 17.3 Å². The molecule has 0 aliphatic heterocycles. The minimum absolute atomic E-state index is 0.496. The van der Waals surface area contributed by atoms with Crippen LogP contribution in [0.1, 0.15) is 59.3 Å². The Kier molecular flexibility index (Phi) is 3.92. The third-order valence-electron chi connectivity index (χ3n) is 5.62. The van der Waals surface area contributed by atoms with Crippen molar-refractivity contribution in [3.63, 3.8) is 0 Å². The molecule has 0 heterocycles. The van der Waals surface area contributed by atoms with Crippen LogP contribution in [-0.2, 0) is 0 Å². The average Bonchev–Trinajstić information content (AvgIpc) is 3.24. The molecule has 0 bridgehead atoms. The SMILES string of the molecule is CCNC1C(CN(CC2CC2)C2CC2)CCC1(C)C. The van der Waals surface area contributed by atoms with Gasteiger partial charge in [-0.15, -0.1) is 0 Å². The highest BCUT2D eigenvalue weighted by atomic mass is 15.2. The number of hydrogen-bond donors (Lipinski definition) is 1. The Morgan fingerprint density at radius 3 is 2.37 bits per heavy atom. The zero-order chi connectivity index (χ0) is 13.5. The maximum absolute atomic E-state index is 3.79. The molecule has 0 spiro atoms. The molecule has 3 rings (SSSR count). The summed E-state index contributed by atoms with van der Waals surface area (Å²) in [5, 5.41) is 3.79. The summed E-state index contributed by atoms with van der Waals surface area (Å²) in [6.45, 7) is 11.1. The standard InChI is InChI=1S/C17H32N2/c1-4-18-16-14(9-10-17(16,2)3)12-19(15-7-8-15)11-13-5-6-13/h13-16,18H,4-12H2,1-3H3. The fraction of sp³-hybridized carbons (Fsp3) is 1.00. The molecule has 2 heteroatoms.